The Morgan fingerprint density at radius 3 is 2.00 bits per heavy atom. The molecule has 0 N–H and O–H groups in total. The maximum atomic E-state index is 11.2. The summed E-state index contributed by atoms with van der Waals surface area (Å²) < 4.78 is 0. The predicted molar refractivity (Wildman–Crippen MR) is 64.0 cm³/mol. The van der Waals surface area contributed by atoms with E-state index in [1.54, 1.807) is 20.8 Å². The van der Waals surface area contributed by atoms with E-state index in [4.69, 9.17) is 14.7 Å². The van der Waals surface area contributed by atoms with E-state index in [9.17, 15) is 4.79 Å². The molecule has 0 saturated carbocycles. The molecule has 0 fully saturated rings. The highest BCUT2D eigenvalue weighted by atomic mass is 17.5. The van der Waals surface area contributed by atoms with Gasteiger partial charge in [0.15, 0.2) is 0 Å². The van der Waals surface area contributed by atoms with Gasteiger partial charge in [0, 0.05) is 0 Å². The van der Waals surface area contributed by atoms with E-state index in [-0.39, 0.29) is 12.0 Å². The maximum Gasteiger partial charge on any atom is 0.345 e. The summed E-state index contributed by atoms with van der Waals surface area (Å²) >= 11 is 0. The Kier molecular flexibility index (Phi) is 7.39. The normalized spacial score (nSPS) is 12.6. The fraction of sp³-hybridized carbons (Fsp3) is 0.917. The summed E-state index contributed by atoms with van der Waals surface area (Å²) in [6.45, 7) is 11.3. The molecule has 6 nitrogen and oxygen atoms in total. The molecule has 0 aromatic heterocycles. The third-order valence-electron chi connectivity index (χ3n) is 1.33. The monoisotopic (exact) mass is 264 g/mol. The average molecular weight is 264 g/mol. The van der Waals surface area contributed by atoms with Crippen LogP contribution in [0.25, 0.3) is 0 Å². The van der Waals surface area contributed by atoms with Crippen LogP contribution >= 0.6 is 0 Å². The summed E-state index contributed by atoms with van der Waals surface area (Å²) in [5.41, 5.74) is -0.881. The number of hydrogen-bond acceptors (Lipinski definition) is 6. The molecule has 6 heteroatoms. The summed E-state index contributed by atoms with van der Waals surface area (Å²) in [6, 6.07) is 0. The molecule has 0 aromatic rings. The largest absolute Gasteiger partial charge is 0.345 e. The molecular weight excluding hydrogens is 240 g/mol. The van der Waals surface area contributed by atoms with Crippen molar-refractivity contribution in [1.82, 2.24) is 0 Å². The van der Waals surface area contributed by atoms with Gasteiger partial charge in [0.1, 0.15) is 0 Å². The zero-order valence-electron chi connectivity index (χ0n) is 12.1. The van der Waals surface area contributed by atoms with Gasteiger partial charge in [0.25, 0.3) is 0 Å². The minimum Gasteiger partial charge on any atom is -0.269 e. The van der Waals surface area contributed by atoms with Crippen LogP contribution in [0.4, 0.5) is 0 Å². The van der Waals surface area contributed by atoms with Gasteiger partial charge in [0.05, 0.1) is 24.2 Å². The first kappa shape index (κ1) is 17.3. The van der Waals surface area contributed by atoms with Crippen molar-refractivity contribution >= 4 is 5.97 Å². The zero-order valence-corrected chi connectivity index (χ0v) is 12.1. The lowest BCUT2D eigenvalue weighted by molar-refractivity contribution is -0.514. The molecule has 0 aliphatic carbocycles. The van der Waals surface area contributed by atoms with Crippen molar-refractivity contribution < 1.29 is 29.4 Å². The van der Waals surface area contributed by atoms with Gasteiger partial charge in [-0.05, 0) is 53.0 Å². The van der Waals surface area contributed by atoms with Gasteiger partial charge >= 0.3 is 5.97 Å². The van der Waals surface area contributed by atoms with Crippen LogP contribution < -0.4 is 0 Å². The first-order valence-electron chi connectivity index (χ1n) is 5.96. The minimum absolute atomic E-state index is 0.168. The maximum absolute atomic E-state index is 11.2. The average Bonchev–Trinajstić information content (AvgIpc) is 2.13. The van der Waals surface area contributed by atoms with Gasteiger partial charge in [-0.1, -0.05) is 0 Å². The Morgan fingerprint density at radius 2 is 1.50 bits per heavy atom. The van der Waals surface area contributed by atoms with Gasteiger partial charge < -0.3 is 0 Å². The molecule has 0 aliphatic rings. The van der Waals surface area contributed by atoms with Gasteiger partial charge in [-0.3, -0.25) is 4.89 Å². The summed E-state index contributed by atoms with van der Waals surface area (Å²) in [5.74, 6) is -0.515. The SMILES string of the molecule is CC(C)(C)OOCCCC(=O)OOOC(C)(C)C. The van der Waals surface area contributed by atoms with Crippen molar-refractivity contribution in [3.05, 3.63) is 0 Å². The molecule has 0 unspecified atom stereocenters. The third-order valence-corrected chi connectivity index (χ3v) is 1.33. The molecule has 0 atom stereocenters. The quantitative estimate of drug-likeness (QED) is 0.400. The first-order chi connectivity index (χ1) is 8.10. The first-order valence-corrected chi connectivity index (χ1v) is 5.96. The summed E-state index contributed by atoms with van der Waals surface area (Å²) in [5, 5.41) is 4.35. The van der Waals surface area contributed by atoms with E-state index < -0.39 is 11.6 Å². The van der Waals surface area contributed by atoms with Gasteiger partial charge in [-0.25, -0.2) is 14.6 Å². The topological polar surface area (TPSA) is 63.2 Å². The molecular formula is C12H24O6. The van der Waals surface area contributed by atoms with Gasteiger partial charge in [0.2, 0.25) is 0 Å². The number of rotatable bonds is 7. The van der Waals surface area contributed by atoms with E-state index in [1.165, 1.54) is 0 Å². The van der Waals surface area contributed by atoms with Crippen LogP contribution in [0.3, 0.4) is 0 Å². The number of carbonyl (C=O) groups is 1. The molecule has 0 saturated heterocycles. The van der Waals surface area contributed by atoms with Crippen molar-refractivity contribution in [2.45, 2.75) is 65.6 Å². The van der Waals surface area contributed by atoms with Crippen LogP contribution in [0.15, 0.2) is 0 Å². The van der Waals surface area contributed by atoms with E-state index in [2.05, 4.69) is 9.93 Å². The van der Waals surface area contributed by atoms with Crippen LogP contribution in [0.5, 0.6) is 0 Å². The van der Waals surface area contributed by atoms with Crippen LogP contribution in [-0.4, -0.2) is 23.8 Å². The molecule has 0 heterocycles. The van der Waals surface area contributed by atoms with Crippen molar-refractivity contribution in [3.8, 4) is 0 Å². The van der Waals surface area contributed by atoms with Crippen molar-refractivity contribution in [2.75, 3.05) is 6.61 Å². The molecule has 0 rings (SSSR count). The zero-order chi connectivity index (χ0) is 14.2. The number of carbonyl (C=O) groups excluding carboxylic acids is 1. The molecule has 0 radical (unpaired) electrons. The highest BCUT2D eigenvalue weighted by Gasteiger charge is 2.14. The third kappa shape index (κ3) is 13.4. The Labute approximate surface area is 108 Å². The summed E-state index contributed by atoms with van der Waals surface area (Å²) in [4.78, 5) is 30.3. The second kappa shape index (κ2) is 7.68. The molecule has 0 aliphatic heterocycles. The standard InChI is InChI=1S/C12H24O6/c1-11(2,3)16-14-9-7-8-10(13)15-18-17-12(4,5)6/h7-9H2,1-6H3. The van der Waals surface area contributed by atoms with Crippen molar-refractivity contribution in [1.29, 1.82) is 0 Å². The molecule has 108 valence electrons. The highest BCUT2D eigenvalue weighted by molar-refractivity contribution is 5.68. The van der Waals surface area contributed by atoms with Crippen LogP contribution in [-0.2, 0) is 29.4 Å². The highest BCUT2D eigenvalue weighted by Crippen LogP contribution is 2.09. The molecule has 0 amide bonds. The Hall–Kier alpha value is -0.690. The van der Waals surface area contributed by atoms with E-state index in [1.807, 2.05) is 20.8 Å². The fourth-order valence-corrected chi connectivity index (χ4v) is 0.693. The molecule has 0 spiro atoms. The molecule has 18 heavy (non-hydrogen) atoms. The summed E-state index contributed by atoms with van der Waals surface area (Å²) in [7, 11) is 0. The molecule has 0 bridgehead atoms. The predicted octanol–water partition coefficient (Wildman–Crippen LogP) is 2.72. The Morgan fingerprint density at radius 1 is 0.944 bits per heavy atom. The van der Waals surface area contributed by atoms with Gasteiger partial charge in [-0.15, -0.1) is 0 Å². The van der Waals surface area contributed by atoms with Crippen LogP contribution in [0.2, 0.25) is 0 Å². The van der Waals surface area contributed by atoms with Crippen molar-refractivity contribution in [2.24, 2.45) is 0 Å². The second-order valence-corrected chi connectivity index (χ2v) is 5.84. The Balaban J connectivity index is 3.44. The molecule has 0 aromatic carbocycles. The van der Waals surface area contributed by atoms with Crippen molar-refractivity contribution in [3.63, 3.8) is 0 Å². The summed E-state index contributed by atoms with van der Waals surface area (Å²) in [6.07, 6.45) is 0.648. The minimum atomic E-state index is -0.524. The lowest BCUT2D eigenvalue weighted by atomic mass is 10.2. The van der Waals surface area contributed by atoms with E-state index in [0.29, 0.717) is 13.0 Å². The smallest absolute Gasteiger partial charge is 0.269 e. The lowest BCUT2D eigenvalue weighted by Crippen LogP contribution is -2.21. The van der Waals surface area contributed by atoms with E-state index >= 15 is 0 Å². The Bertz CT molecular complexity index is 238. The fourth-order valence-electron chi connectivity index (χ4n) is 0.693. The second-order valence-electron chi connectivity index (χ2n) is 5.84. The number of hydrogen-bond donors (Lipinski definition) is 0. The van der Waals surface area contributed by atoms with E-state index in [0.717, 1.165) is 0 Å². The van der Waals surface area contributed by atoms with Crippen LogP contribution in [0.1, 0.15) is 54.4 Å². The lowest BCUT2D eigenvalue weighted by Gasteiger charge is -2.17. The van der Waals surface area contributed by atoms with Crippen LogP contribution in [0, 0.1) is 0 Å². The van der Waals surface area contributed by atoms with Gasteiger partial charge in [-0.2, -0.15) is 4.89 Å².